The number of nitrogens with zero attached hydrogens (tertiary/aromatic N) is 2. The van der Waals surface area contributed by atoms with Gasteiger partial charge in [-0.05, 0) is 62.3 Å². The number of rotatable bonds is 10. The van der Waals surface area contributed by atoms with Gasteiger partial charge in [-0.3, -0.25) is 9.59 Å². The Morgan fingerprint density at radius 1 is 1.10 bits per heavy atom. The van der Waals surface area contributed by atoms with E-state index in [1.165, 1.54) is 6.26 Å². The molecule has 0 spiro atoms. The second-order valence-electron chi connectivity index (χ2n) is 8.01. The first kappa shape index (κ1) is 23.1. The number of likely N-dealkylation sites (tertiary alicyclic amines) is 1. The molecular weight excluding hydrogens is 392 g/mol. The summed E-state index contributed by atoms with van der Waals surface area (Å²) in [4.78, 5) is 30.0. The van der Waals surface area contributed by atoms with Crippen LogP contribution in [0.1, 0.15) is 66.9 Å². The number of hydrogen-bond donors (Lipinski definition) is 0. The van der Waals surface area contributed by atoms with E-state index in [4.69, 9.17) is 9.15 Å². The number of amides is 1. The van der Waals surface area contributed by atoms with Gasteiger partial charge in [0.25, 0.3) is 5.91 Å². The van der Waals surface area contributed by atoms with E-state index in [1.807, 2.05) is 29.2 Å². The van der Waals surface area contributed by atoms with Crippen molar-refractivity contribution in [2.24, 2.45) is 0 Å². The molecule has 0 radical (unpaired) electrons. The van der Waals surface area contributed by atoms with Gasteiger partial charge in [-0.2, -0.15) is 0 Å². The molecule has 0 N–H and O–H groups in total. The molecule has 1 unspecified atom stereocenters. The van der Waals surface area contributed by atoms with Gasteiger partial charge in [-0.15, -0.1) is 0 Å². The maximum atomic E-state index is 13.3. The van der Waals surface area contributed by atoms with Crippen LogP contribution in [0.15, 0.2) is 47.1 Å². The third kappa shape index (κ3) is 6.44. The Hall–Kier alpha value is -2.60. The fraction of sp³-hybridized carbons (Fsp3) is 0.520. The largest absolute Gasteiger partial charge is 0.492 e. The van der Waals surface area contributed by atoms with Crippen molar-refractivity contribution in [3.05, 3.63) is 54.0 Å². The minimum Gasteiger partial charge on any atom is -0.492 e. The van der Waals surface area contributed by atoms with Crippen molar-refractivity contribution in [1.29, 1.82) is 0 Å². The Kier molecular flexibility index (Phi) is 8.71. The maximum Gasteiger partial charge on any atom is 0.254 e. The van der Waals surface area contributed by atoms with Gasteiger partial charge >= 0.3 is 0 Å². The van der Waals surface area contributed by atoms with Crippen LogP contribution in [0, 0.1) is 0 Å². The van der Waals surface area contributed by atoms with Gasteiger partial charge in [0.2, 0.25) is 0 Å². The van der Waals surface area contributed by atoms with Gasteiger partial charge in [-0.1, -0.05) is 26.7 Å². The molecule has 1 amide bonds. The first-order valence-electron chi connectivity index (χ1n) is 11.4. The van der Waals surface area contributed by atoms with Crippen molar-refractivity contribution < 1.29 is 18.7 Å². The Morgan fingerprint density at radius 2 is 1.87 bits per heavy atom. The van der Waals surface area contributed by atoms with Crippen molar-refractivity contribution >= 4 is 11.7 Å². The summed E-state index contributed by atoms with van der Waals surface area (Å²) in [6, 6.07) is 10.7. The normalized spacial score (nSPS) is 16.9. The highest BCUT2D eigenvalue weighted by molar-refractivity contribution is 5.96. The molecule has 168 valence electrons. The van der Waals surface area contributed by atoms with Crippen molar-refractivity contribution in [1.82, 2.24) is 9.80 Å². The Labute approximate surface area is 185 Å². The number of carbonyl (C=O) groups is 2. The first-order valence-corrected chi connectivity index (χ1v) is 11.4. The van der Waals surface area contributed by atoms with Crippen molar-refractivity contribution in [2.45, 2.75) is 52.0 Å². The van der Waals surface area contributed by atoms with Crippen molar-refractivity contribution in [3.8, 4) is 5.75 Å². The summed E-state index contributed by atoms with van der Waals surface area (Å²) in [5.74, 6) is 1.06. The fourth-order valence-electron chi connectivity index (χ4n) is 4.10. The van der Waals surface area contributed by atoms with Crippen LogP contribution in [0.25, 0.3) is 0 Å². The number of carbonyl (C=O) groups excluding carboxylic acids is 2. The predicted molar refractivity (Wildman–Crippen MR) is 121 cm³/mol. The Bertz CT molecular complexity index is 813. The summed E-state index contributed by atoms with van der Waals surface area (Å²) in [6.45, 7) is 8.48. The van der Waals surface area contributed by atoms with Gasteiger partial charge < -0.3 is 19.0 Å². The molecule has 31 heavy (non-hydrogen) atoms. The van der Waals surface area contributed by atoms with Crippen LogP contribution in [0.4, 0.5) is 0 Å². The highest BCUT2D eigenvalue weighted by Crippen LogP contribution is 2.24. The average Bonchev–Trinajstić information content (AvgIpc) is 3.24. The number of ether oxygens (including phenoxy) is 1. The molecule has 1 saturated heterocycles. The zero-order valence-electron chi connectivity index (χ0n) is 18.7. The van der Waals surface area contributed by atoms with Crippen LogP contribution in [-0.4, -0.2) is 60.3 Å². The molecule has 3 rings (SSSR count). The summed E-state index contributed by atoms with van der Waals surface area (Å²) < 4.78 is 11.1. The van der Waals surface area contributed by atoms with E-state index in [0.717, 1.165) is 51.1 Å². The quantitative estimate of drug-likeness (QED) is 0.517. The van der Waals surface area contributed by atoms with Crippen molar-refractivity contribution in [3.63, 3.8) is 0 Å². The van der Waals surface area contributed by atoms with E-state index in [-0.39, 0.29) is 17.7 Å². The topological polar surface area (TPSA) is 63.0 Å². The van der Waals surface area contributed by atoms with E-state index in [1.54, 1.807) is 12.1 Å². The first-order chi connectivity index (χ1) is 15.1. The number of Topliss-reactive ketones (excluding diaryl/α,β-unsaturated/α-hetero) is 1. The molecule has 2 heterocycles. The molecular formula is C25H34N2O4. The summed E-state index contributed by atoms with van der Waals surface area (Å²) in [6.07, 6.45) is 5.71. The molecule has 0 bridgehead atoms. The molecule has 6 heteroatoms. The second-order valence-corrected chi connectivity index (χ2v) is 8.01. The number of ketones is 1. The third-order valence-corrected chi connectivity index (χ3v) is 6.03. The van der Waals surface area contributed by atoms with Gasteiger partial charge in [-0.25, -0.2) is 0 Å². The lowest BCUT2D eigenvalue weighted by molar-refractivity contribution is 0.0655. The number of furan rings is 1. The van der Waals surface area contributed by atoms with Gasteiger partial charge in [0.15, 0.2) is 11.5 Å². The predicted octanol–water partition coefficient (Wildman–Crippen LogP) is 4.66. The molecule has 0 aliphatic carbocycles. The summed E-state index contributed by atoms with van der Waals surface area (Å²) in [5, 5.41) is 0. The summed E-state index contributed by atoms with van der Waals surface area (Å²) in [7, 11) is 0. The molecule has 1 aromatic heterocycles. The van der Waals surface area contributed by atoms with Crippen LogP contribution in [0.5, 0.6) is 5.75 Å². The van der Waals surface area contributed by atoms with E-state index < -0.39 is 0 Å². The molecule has 1 atom stereocenters. The maximum absolute atomic E-state index is 13.3. The van der Waals surface area contributed by atoms with Crippen LogP contribution >= 0.6 is 0 Å². The van der Waals surface area contributed by atoms with Crippen LogP contribution in [0.2, 0.25) is 0 Å². The molecule has 1 aliphatic heterocycles. The smallest absolute Gasteiger partial charge is 0.254 e. The van der Waals surface area contributed by atoms with E-state index in [9.17, 15) is 9.59 Å². The van der Waals surface area contributed by atoms with Gasteiger partial charge in [0, 0.05) is 31.1 Å². The van der Waals surface area contributed by atoms with Crippen LogP contribution in [0.3, 0.4) is 0 Å². The molecule has 6 nitrogen and oxygen atoms in total. The second kappa shape index (κ2) is 11.7. The molecule has 1 fully saturated rings. The molecule has 0 saturated carbocycles. The number of likely N-dealkylation sites (N-methyl/N-ethyl adjacent to an activating group) is 1. The Balaban J connectivity index is 1.62. The summed E-state index contributed by atoms with van der Waals surface area (Å²) in [5.41, 5.74) is 0.633. The van der Waals surface area contributed by atoms with Gasteiger partial charge in [0.1, 0.15) is 12.4 Å². The van der Waals surface area contributed by atoms with Crippen LogP contribution in [-0.2, 0) is 0 Å². The number of hydrogen-bond acceptors (Lipinski definition) is 5. The minimum absolute atomic E-state index is 0.0196. The lowest BCUT2D eigenvalue weighted by Gasteiger charge is -2.29. The lowest BCUT2D eigenvalue weighted by Crippen LogP contribution is -2.41. The Morgan fingerprint density at radius 3 is 2.55 bits per heavy atom. The average molecular weight is 427 g/mol. The number of benzene rings is 1. The third-order valence-electron chi connectivity index (χ3n) is 6.03. The molecule has 1 aliphatic rings. The fourth-order valence-corrected chi connectivity index (χ4v) is 4.10. The van der Waals surface area contributed by atoms with Crippen LogP contribution < -0.4 is 4.74 Å². The SMILES string of the molecule is CCN(CC)CCOc1ccc(C(=O)N2CCCCCC2CC(=O)c2ccco2)cc1. The van der Waals surface area contributed by atoms with E-state index in [2.05, 4.69) is 18.7 Å². The zero-order chi connectivity index (χ0) is 22.1. The molecule has 1 aromatic carbocycles. The highest BCUT2D eigenvalue weighted by atomic mass is 16.5. The lowest BCUT2D eigenvalue weighted by atomic mass is 10.0. The van der Waals surface area contributed by atoms with E-state index in [0.29, 0.717) is 30.9 Å². The summed E-state index contributed by atoms with van der Waals surface area (Å²) >= 11 is 0. The minimum atomic E-state index is -0.0994. The zero-order valence-corrected chi connectivity index (χ0v) is 18.7. The standard InChI is InChI=1S/C25H34N2O4/c1-3-26(4-2)16-18-30-22-13-11-20(12-14-22)25(29)27-15-7-5-6-9-21(27)19-23(28)24-10-8-17-31-24/h8,10-14,17,21H,3-7,9,15-16,18-19H2,1-2H3. The van der Waals surface area contributed by atoms with Crippen molar-refractivity contribution in [2.75, 3.05) is 32.8 Å². The molecule has 2 aromatic rings. The monoisotopic (exact) mass is 426 g/mol. The highest BCUT2D eigenvalue weighted by Gasteiger charge is 2.29. The van der Waals surface area contributed by atoms with E-state index >= 15 is 0 Å². The van der Waals surface area contributed by atoms with Gasteiger partial charge in [0.05, 0.1) is 6.26 Å².